The number of Topliss-reactive ketones (excluding diaryl/α,β-unsaturated/α-hetero) is 1. The normalized spacial score (nSPS) is 23.0. The molecule has 2 rings (SSSR count). The number of carbonyl (C=O) groups is 3. The van der Waals surface area contributed by atoms with Gasteiger partial charge in [-0.15, -0.1) is 0 Å². The van der Waals surface area contributed by atoms with Crippen LogP contribution >= 0.6 is 0 Å². The Kier molecular flexibility index (Phi) is 7.96. The van der Waals surface area contributed by atoms with Crippen molar-refractivity contribution in [1.29, 1.82) is 5.26 Å². The molecule has 2 heterocycles. The Hall–Kier alpha value is -2.21. The number of carbonyl (C=O) groups excluding carboxylic acids is 3. The van der Waals surface area contributed by atoms with Crippen molar-refractivity contribution in [2.24, 2.45) is 5.92 Å². The molecule has 2 aliphatic heterocycles. The second kappa shape index (κ2) is 10.0. The Morgan fingerprint density at radius 3 is 2.52 bits per heavy atom. The van der Waals surface area contributed by atoms with Crippen molar-refractivity contribution in [3.05, 3.63) is 0 Å². The maximum absolute atomic E-state index is 13.5. The van der Waals surface area contributed by atoms with E-state index < -0.39 is 17.8 Å². The van der Waals surface area contributed by atoms with Crippen molar-refractivity contribution in [3.63, 3.8) is 0 Å². The quantitative estimate of drug-likeness (QED) is 0.685. The predicted octanol–water partition coefficient (Wildman–Crippen LogP) is 1.64. The van der Waals surface area contributed by atoms with Gasteiger partial charge in [0.15, 0.2) is 0 Å². The van der Waals surface area contributed by atoms with Crippen molar-refractivity contribution in [3.8, 4) is 6.07 Å². The van der Waals surface area contributed by atoms with Gasteiger partial charge in [0.1, 0.15) is 18.0 Å². The van der Waals surface area contributed by atoms with E-state index in [1.54, 1.807) is 11.8 Å². The van der Waals surface area contributed by atoms with Crippen molar-refractivity contribution in [2.45, 2.75) is 64.2 Å². The molecule has 162 valence electrons. The summed E-state index contributed by atoms with van der Waals surface area (Å²) in [4.78, 5) is 39.7. The van der Waals surface area contributed by atoms with E-state index in [1.165, 1.54) is 4.90 Å². The molecule has 0 aromatic rings. The van der Waals surface area contributed by atoms with Gasteiger partial charge in [0.2, 0.25) is 5.91 Å². The maximum Gasteiger partial charge on any atom is 0.409 e. The minimum absolute atomic E-state index is 0.0491. The molecule has 2 saturated heterocycles. The van der Waals surface area contributed by atoms with Crippen LogP contribution in [0.25, 0.3) is 0 Å². The number of likely N-dealkylation sites (tertiary alicyclic amines) is 2. The average molecular weight is 410 g/mol. The fourth-order valence-electron chi connectivity index (χ4n) is 3.84. The number of nitriles is 1. The molecule has 29 heavy (non-hydrogen) atoms. The second-order valence-electron chi connectivity index (χ2n) is 8.36. The summed E-state index contributed by atoms with van der Waals surface area (Å²) in [5, 5.41) is 12.1. The molecule has 0 aromatic heterocycles. The summed E-state index contributed by atoms with van der Waals surface area (Å²) in [5.41, 5.74) is -0.609. The molecule has 0 radical (unpaired) electrons. The Morgan fingerprint density at radius 1 is 1.28 bits per heavy atom. The van der Waals surface area contributed by atoms with E-state index >= 15 is 0 Å². The minimum Gasteiger partial charge on any atom is -0.450 e. The van der Waals surface area contributed by atoms with Crippen LogP contribution in [0.3, 0.4) is 0 Å². The van der Waals surface area contributed by atoms with Crippen LogP contribution in [-0.4, -0.2) is 78.1 Å². The van der Waals surface area contributed by atoms with Gasteiger partial charge >= 0.3 is 6.09 Å². The van der Waals surface area contributed by atoms with Gasteiger partial charge in [0, 0.05) is 37.4 Å². The highest BCUT2D eigenvalue weighted by Gasteiger charge is 2.36. The Bertz CT molecular complexity index is 655. The predicted molar refractivity (Wildman–Crippen MR) is 104 cm³/mol. The summed E-state index contributed by atoms with van der Waals surface area (Å²) in [6.45, 7) is 6.66. The zero-order valence-electron chi connectivity index (χ0n) is 17.4. The number of hydrogen-bond donors (Lipinski definition) is 1. The maximum atomic E-state index is 13.5. The molecule has 2 atom stereocenters. The van der Waals surface area contributed by atoms with E-state index in [-0.39, 0.29) is 49.6 Å². The fraction of sp³-hybridized carbons (Fsp3) is 0.800. The molecule has 2 fully saturated rings. The average Bonchev–Trinajstić information content (AvgIpc) is 3.07. The van der Waals surface area contributed by atoms with Crippen molar-refractivity contribution in [1.82, 2.24) is 15.1 Å². The van der Waals surface area contributed by atoms with E-state index in [0.717, 1.165) is 0 Å². The third-order valence-corrected chi connectivity index (χ3v) is 5.53. The summed E-state index contributed by atoms with van der Waals surface area (Å²) < 4.78 is 18.5. The number of hydrogen-bond acceptors (Lipinski definition) is 6. The van der Waals surface area contributed by atoms with Crippen LogP contribution in [0, 0.1) is 17.2 Å². The molecule has 9 heteroatoms. The van der Waals surface area contributed by atoms with Crippen LogP contribution < -0.4 is 5.32 Å². The first-order valence-electron chi connectivity index (χ1n) is 10.2. The van der Waals surface area contributed by atoms with Crippen LogP contribution in [-0.2, 0) is 14.3 Å². The molecular weight excluding hydrogens is 379 g/mol. The van der Waals surface area contributed by atoms with Gasteiger partial charge in [-0.2, -0.15) is 5.26 Å². The molecule has 0 bridgehead atoms. The number of rotatable bonds is 7. The van der Waals surface area contributed by atoms with Crippen LogP contribution in [0.5, 0.6) is 0 Å². The molecule has 0 spiro atoms. The van der Waals surface area contributed by atoms with Gasteiger partial charge in [0.25, 0.3) is 0 Å². The SMILES string of the molecule is CCOC(=O)N1CCC(C(=O)CC(C)(C)NCC(=O)N2C[C@@H](F)C[C@H]2C#N)CC1. The Balaban J connectivity index is 1.79. The summed E-state index contributed by atoms with van der Waals surface area (Å²) in [5.74, 6) is -0.357. The molecule has 8 nitrogen and oxygen atoms in total. The van der Waals surface area contributed by atoms with Gasteiger partial charge in [-0.25, -0.2) is 9.18 Å². The van der Waals surface area contributed by atoms with Gasteiger partial charge in [-0.1, -0.05) is 0 Å². The molecule has 0 saturated carbocycles. The first-order valence-corrected chi connectivity index (χ1v) is 10.2. The summed E-state index contributed by atoms with van der Waals surface area (Å²) in [6, 6.07) is 1.24. The van der Waals surface area contributed by atoms with Gasteiger partial charge in [-0.3, -0.25) is 9.59 Å². The molecule has 0 aliphatic carbocycles. The second-order valence-corrected chi connectivity index (χ2v) is 8.36. The molecule has 0 unspecified atom stereocenters. The Labute approximate surface area is 171 Å². The van der Waals surface area contributed by atoms with Crippen LogP contribution in [0.4, 0.5) is 9.18 Å². The number of nitrogens with one attached hydrogen (secondary N) is 1. The molecule has 2 aliphatic rings. The zero-order chi connectivity index (χ0) is 21.6. The lowest BCUT2D eigenvalue weighted by atomic mass is 9.85. The first-order chi connectivity index (χ1) is 13.7. The van der Waals surface area contributed by atoms with Crippen LogP contribution in [0.2, 0.25) is 0 Å². The van der Waals surface area contributed by atoms with Crippen LogP contribution in [0.15, 0.2) is 0 Å². The lowest BCUT2D eigenvalue weighted by Crippen LogP contribution is -2.49. The summed E-state index contributed by atoms with van der Waals surface area (Å²) in [7, 11) is 0. The van der Waals surface area contributed by atoms with E-state index in [2.05, 4.69) is 5.32 Å². The molecule has 2 amide bonds. The van der Waals surface area contributed by atoms with Gasteiger partial charge < -0.3 is 19.9 Å². The highest BCUT2D eigenvalue weighted by Crippen LogP contribution is 2.24. The smallest absolute Gasteiger partial charge is 0.409 e. The number of nitrogens with zero attached hydrogens (tertiary/aromatic N) is 3. The highest BCUT2D eigenvalue weighted by molar-refractivity contribution is 5.83. The van der Waals surface area contributed by atoms with Crippen molar-refractivity contribution < 1.29 is 23.5 Å². The summed E-state index contributed by atoms with van der Waals surface area (Å²) in [6.07, 6.45) is -0.0119. The van der Waals surface area contributed by atoms with Crippen molar-refractivity contribution in [2.75, 3.05) is 32.8 Å². The number of ether oxygens (including phenoxy) is 1. The van der Waals surface area contributed by atoms with Gasteiger partial charge in [0.05, 0.1) is 25.8 Å². The molecule has 0 aromatic carbocycles. The lowest BCUT2D eigenvalue weighted by molar-refractivity contribution is -0.131. The number of ketones is 1. The largest absolute Gasteiger partial charge is 0.450 e. The first kappa shape index (κ1) is 23.1. The zero-order valence-corrected chi connectivity index (χ0v) is 17.4. The monoisotopic (exact) mass is 410 g/mol. The minimum atomic E-state index is -1.17. The van der Waals surface area contributed by atoms with E-state index in [9.17, 15) is 18.8 Å². The topological polar surface area (TPSA) is 103 Å². The fourth-order valence-corrected chi connectivity index (χ4v) is 3.84. The van der Waals surface area contributed by atoms with Crippen molar-refractivity contribution >= 4 is 17.8 Å². The third-order valence-electron chi connectivity index (χ3n) is 5.53. The number of halogens is 1. The Morgan fingerprint density at radius 2 is 1.93 bits per heavy atom. The highest BCUT2D eigenvalue weighted by atomic mass is 19.1. The van der Waals surface area contributed by atoms with Gasteiger partial charge in [-0.05, 0) is 33.6 Å². The number of piperidine rings is 1. The summed E-state index contributed by atoms with van der Waals surface area (Å²) >= 11 is 0. The molecular formula is C20H31FN4O4. The van der Waals surface area contributed by atoms with E-state index in [1.807, 2.05) is 19.9 Å². The van der Waals surface area contributed by atoms with E-state index in [4.69, 9.17) is 10.00 Å². The lowest BCUT2D eigenvalue weighted by Gasteiger charge is -2.33. The third kappa shape index (κ3) is 6.39. The van der Waals surface area contributed by atoms with E-state index in [0.29, 0.717) is 32.5 Å². The molecule has 1 N–H and O–H groups in total. The standard InChI is InChI=1S/C20H31FN4O4/c1-4-29-19(28)24-7-5-14(6-8-24)17(26)10-20(2,3)23-12-18(27)25-13-15(21)9-16(25)11-22/h14-16,23H,4-10,12-13H2,1-3H3/t15-,16-/m0/s1. The number of alkyl halides is 1. The van der Waals surface area contributed by atoms with Crippen LogP contribution in [0.1, 0.15) is 46.5 Å². The number of amides is 2.